The third kappa shape index (κ3) is 7.25. The fourth-order valence-electron chi connectivity index (χ4n) is 2.14. The minimum Gasteiger partial charge on any atom is -0.396 e. The molecule has 2 unspecified atom stereocenters. The standard InChI is InChI=1S/C16H25NO2S2/c1-12-6-3-4-7-13(12)10-14(20)11-15(19)17-16(21-2)8-5-9-18/h3-4,6-7,14,16,18,20H,5,8-11H2,1-2H3,(H,17,19). The molecule has 0 saturated heterocycles. The van der Waals surface area contributed by atoms with Gasteiger partial charge in [0.15, 0.2) is 0 Å². The number of thiol groups is 1. The molecule has 118 valence electrons. The Balaban J connectivity index is 2.41. The summed E-state index contributed by atoms with van der Waals surface area (Å²) in [6.45, 7) is 2.24. The lowest BCUT2D eigenvalue weighted by Gasteiger charge is -2.18. The zero-order valence-corrected chi connectivity index (χ0v) is 14.4. The SMILES string of the molecule is CSC(CCCO)NC(=O)CC(S)Cc1ccccc1C. The average molecular weight is 328 g/mol. The van der Waals surface area contributed by atoms with Crippen molar-refractivity contribution in [1.82, 2.24) is 5.32 Å². The number of hydrogen-bond acceptors (Lipinski definition) is 4. The van der Waals surface area contributed by atoms with Gasteiger partial charge in [-0.1, -0.05) is 24.3 Å². The molecule has 0 heterocycles. The zero-order chi connectivity index (χ0) is 15.7. The fourth-order valence-corrected chi connectivity index (χ4v) is 3.16. The van der Waals surface area contributed by atoms with Gasteiger partial charge in [0.2, 0.25) is 5.91 Å². The average Bonchev–Trinajstić information content (AvgIpc) is 2.45. The van der Waals surface area contributed by atoms with Crippen LogP contribution in [0.15, 0.2) is 24.3 Å². The summed E-state index contributed by atoms with van der Waals surface area (Å²) in [7, 11) is 0. The van der Waals surface area contributed by atoms with Gasteiger partial charge in [-0.25, -0.2) is 0 Å². The second-order valence-corrected chi connectivity index (χ2v) is 6.92. The van der Waals surface area contributed by atoms with Crippen LogP contribution < -0.4 is 5.32 Å². The number of thioether (sulfide) groups is 1. The van der Waals surface area contributed by atoms with Crippen molar-refractivity contribution in [3.05, 3.63) is 35.4 Å². The summed E-state index contributed by atoms with van der Waals surface area (Å²) in [5.74, 6) is 0.0286. The maximum absolute atomic E-state index is 12.0. The van der Waals surface area contributed by atoms with Gasteiger partial charge in [0.1, 0.15) is 0 Å². The number of aliphatic hydroxyl groups is 1. The third-order valence-electron chi connectivity index (χ3n) is 3.37. The Morgan fingerprint density at radius 1 is 1.43 bits per heavy atom. The highest BCUT2D eigenvalue weighted by Crippen LogP contribution is 2.16. The Morgan fingerprint density at radius 2 is 2.14 bits per heavy atom. The smallest absolute Gasteiger partial charge is 0.221 e. The number of aliphatic hydroxyl groups excluding tert-OH is 1. The van der Waals surface area contributed by atoms with E-state index in [1.165, 1.54) is 11.1 Å². The number of aryl methyl sites for hydroxylation is 1. The quantitative estimate of drug-likeness (QED) is 0.483. The van der Waals surface area contributed by atoms with E-state index >= 15 is 0 Å². The molecule has 2 N–H and O–H groups in total. The van der Waals surface area contributed by atoms with Crippen LogP contribution in [0.5, 0.6) is 0 Å². The lowest BCUT2D eigenvalue weighted by molar-refractivity contribution is -0.121. The van der Waals surface area contributed by atoms with Crippen molar-refractivity contribution in [2.45, 2.75) is 43.2 Å². The summed E-state index contributed by atoms with van der Waals surface area (Å²) in [6, 6.07) is 8.20. The highest BCUT2D eigenvalue weighted by Gasteiger charge is 2.15. The van der Waals surface area contributed by atoms with Crippen LogP contribution in [0.2, 0.25) is 0 Å². The molecule has 1 aromatic rings. The monoisotopic (exact) mass is 327 g/mol. The van der Waals surface area contributed by atoms with Gasteiger partial charge in [-0.15, -0.1) is 11.8 Å². The van der Waals surface area contributed by atoms with Crippen molar-refractivity contribution in [3.63, 3.8) is 0 Å². The molecule has 0 bridgehead atoms. The normalized spacial score (nSPS) is 13.7. The molecule has 21 heavy (non-hydrogen) atoms. The molecule has 1 rings (SSSR count). The number of hydrogen-bond donors (Lipinski definition) is 3. The van der Waals surface area contributed by atoms with E-state index in [0.29, 0.717) is 12.8 Å². The van der Waals surface area contributed by atoms with Crippen LogP contribution in [0, 0.1) is 6.92 Å². The highest BCUT2D eigenvalue weighted by molar-refractivity contribution is 7.99. The van der Waals surface area contributed by atoms with Crippen molar-refractivity contribution >= 4 is 30.3 Å². The summed E-state index contributed by atoms with van der Waals surface area (Å²) >= 11 is 6.15. The number of carbonyl (C=O) groups is 1. The Labute approximate surface area is 137 Å². The summed E-state index contributed by atoms with van der Waals surface area (Å²) in [5, 5.41) is 11.9. The molecule has 0 aliphatic rings. The second-order valence-electron chi connectivity index (χ2n) is 5.15. The van der Waals surface area contributed by atoms with Gasteiger partial charge < -0.3 is 10.4 Å². The Bertz CT molecular complexity index is 440. The Hall–Kier alpha value is -0.650. The second kappa shape index (κ2) is 10.1. The van der Waals surface area contributed by atoms with Crippen LogP contribution in [-0.2, 0) is 11.2 Å². The lowest BCUT2D eigenvalue weighted by Crippen LogP contribution is -2.34. The number of benzene rings is 1. The van der Waals surface area contributed by atoms with Gasteiger partial charge in [0.25, 0.3) is 0 Å². The van der Waals surface area contributed by atoms with Crippen LogP contribution in [0.25, 0.3) is 0 Å². The first kappa shape index (κ1) is 18.4. The number of rotatable bonds is 9. The molecule has 0 spiro atoms. The van der Waals surface area contributed by atoms with Gasteiger partial charge >= 0.3 is 0 Å². The van der Waals surface area contributed by atoms with E-state index in [1.54, 1.807) is 11.8 Å². The maximum Gasteiger partial charge on any atom is 0.221 e. The van der Waals surface area contributed by atoms with Crippen molar-refractivity contribution in [3.8, 4) is 0 Å². The van der Waals surface area contributed by atoms with Crippen molar-refractivity contribution in [1.29, 1.82) is 0 Å². The van der Waals surface area contributed by atoms with E-state index in [-0.39, 0.29) is 23.1 Å². The molecule has 0 aliphatic carbocycles. The molecular weight excluding hydrogens is 302 g/mol. The fraction of sp³-hybridized carbons (Fsp3) is 0.562. The van der Waals surface area contributed by atoms with E-state index in [2.05, 4.69) is 37.0 Å². The maximum atomic E-state index is 12.0. The molecule has 1 aromatic carbocycles. The third-order valence-corrected chi connectivity index (χ3v) is 4.66. The van der Waals surface area contributed by atoms with Crippen LogP contribution in [0.4, 0.5) is 0 Å². The van der Waals surface area contributed by atoms with Gasteiger partial charge in [0.05, 0.1) is 5.37 Å². The van der Waals surface area contributed by atoms with Crippen LogP contribution in [0.3, 0.4) is 0 Å². The van der Waals surface area contributed by atoms with E-state index < -0.39 is 0 Å². The zero-order valence-electron chi connectivity index (χ0n) is 12.7. The molecule has 3 nitrogen and oxygen atoms in total. The van der Waals surface area contributed by atoms with Crippen molar-refractivity contribution in [2.75, 3.05) is 12.9 Å². The molecular formula is C16H25NO2S2. The summed E-state index contributed by atoms with van der Waals surface area (Å²) < 4.78 is 0. The number of amides is 1. The molecule has 2 atom stereocenters. The molecule has 1 amide bonds. The Morgan fingerprint density at radius 3 is 2.76 bits per heavy atom. The molecule has 0 fully saturated rings. The molecule has 5 heteroatoms. The lowest BCUT2D eigenvalue weighted by atomic mass is 10.0. The predicted molar refractivity (Wildman–Crippen MR) is 94.0 cm³/mol. The van der Waals surface area contributed by atoms with Crippen molar-refractivity contribution in [2.24, 2.45) is 0 Å². The topological polar surface area (TPSA) is 49.3 Å². The number of carbonyl (C=O) groups excluding carboxylic acids is 1. The molecule has 0 radical (unpaired) electrons. The van der Waals surface area contributed by atoms with Crippen molar-refractivity contribution < 1.29 is 9.90 Å². The minimum absolute atomic E-state index is 0.0199. The van der Waals surface area contributed by atoms with E-state index in [9.17, 15) is 4.79 Å². The molecule has 0 aliphatic heterocycles. The van der Waals surface area contributed by atoms with E-state index in [1.807, 2.05) is 18.4 Å². The molecule has 0 aromatic heterocycles. The van der Waals surface area contributed by atoms with E-state index in [4.69, 9.17) is 5.11 Å². The van der Waals surface area contributed by atoms with Gasteiger partial charge in [-0.3, -0.25) is 4.79 Å². The van der Waals surface area contributed by atoms with Crippen LogP contribution in [-0.4, -0.2) is 34.5 Å². The van der Waals surface area contributed by atoms with Crippen LogP contribution >= 0.6 is 24.4 Å². The van der Waals surface area contributed by atoms with Gasteiger partial charge in [-0.2, -0.15) is 12.6 Å². The first-order valence-corrected chi connectivity index (χ1v) is 9.02. The first-order chi connectivity index (χ1) is 10.1. The first-order valence-electron chi connectivity index (χ1n) is 7.22. The summed E-state index contributed by atoms with van der Waals surface area (Å²) in [6.07, 6.45) is 4.67. The van der Waals surface area contributed by atoms with E-state index in [0.717, 1.165) is 12.8 Å². The highest BCUT2D eigenvalue weighted by atomic mass is 32.2. The molecule has 0 saturated carbocycles. The van der Waals surface area contributed by atoms with Crippen LogP contribution in [0.1, 0.15) is 30.4 Å². The van der Waals surface area contributed by atoms with Gasteiger partial charge in [0, 0.05) is 18.3 Å². The largest absolute Gasteiger partial charge is 0.396 e. The minimum atomic E-state index is 0.0199. The predicted octanol–water partition coefficient (Wildman–Crippen LogP) is 2.80. The Kier molecular flexibility index (Phi) is 8.88. The summed E-state index contributed by atoms with van der Waals surface area (Å²) in [4.78, 5) is 12.0. The summed E-state index contributed by atoms with van der Waals surface area (Å²) in [5.41, 5.74) is 2.48. The van der Waals surface area contributed by atoms with Gasteiger partial charge in [-0.05, 0) is 43.6 Å². The number of nitrogens with one attached hydrogen (secondary N) is 1.